The van der Waals surface area contributed by atoms with Gasteiger partial charge in [0.2, 0.25) is 0 Å². The third-order valence-corrected chi connectivity index (χ3v) is 6.44. The Labute approximate surface area is 168 Å². The van der Waals surface area contributed by atoms with Crippen LogP contribution in [0.4, 0.5) is 0 Å². The molecule has 4 rings (SSSR count). The van der Waals surface area contributed by atoms with Crippen molar-refractivity contribution < 1.29 is 14.0 Å². The molecule has 0 bridgehead atoms. The van der Waals surface area contributed by atoms with Gasteiger partial charge >= 0.3 is 7.12 Å². The first-order valence-electron chi connectivity index (χ1n) is 10.4. The summed E-state index contributed by atoms with van der Waals surface area (Å²) in [5, 5.41) is 5.80. The number of hydrogen-bond donors (Lipinski definition) is 0. The highest BCUT2D eigenvalue weighted by molar-refractivity contribution is 6.66. The second kappa shape index (κ2) is 7.01. The van der Waals surface area contributed by atoms with Crippen LogP contribution in [0, 0.1) is 6.92 Å². The summed E-state index contributed by atoms with van der Waals surface area (Å²) in [7, 11) is -0.427. The Hall–Kier alpha value is -1.63. The van der Waals surface area contributed by atoms with Crippen LogP contribution in [-0.2, 0) is 14.0 Å². The number of ether oxygens (including phenoxy) is 1. The third-order valence-electron chi connectivity index (χ3n) is 6.44. The van der Waals surface area contributed by atoms with E-state index in [1.807, 2.05) is 17.8 Å². The summed E-state index contributed by atoms with van der Waals surface area (Å²) in [6, 6.07) is 2.21. The van der Waals surface area contributed by atoms with Gasteiger partial charge in [0.05, 0.1) is 22.9 Å². The molecule has 1 aromatic heterocycles. The molecule has 2 aromatic rings. The van der Waals surface area contributed by atoms with Crippen molar-refractivity contribution >= 4 is 29.6 Å². The maximum Gasteiger partial charge on any atom is 0.496 e. The second-order valence-corrected chi connectivity index (χ2v) is 8.95. The zero-order valence-corrected chi connectivity index (χ0v) is 17.9. The molecule has 3 heterocycles. The largest absolute Gasteiger partial charge is 0.496 e. The van der Waals surface area contributed by atoms with Gasteiger partial charge in [0.1, 0.15) is 0 Å². The van der Waals surface area contributed by atoms with E-state index < -0.39 is 7.12 Å². The topological polar surface area (TPSA) is 45.5 Å². The van der Waals surface area contributed by atoms with Crippen molar-refractivity contribution in [3.8, 4) is 0 Å². The van der Waals surface area contributed by atoms with E-state index in [4.69, 9.17) is 19.1 Å². The van der Waals surface area contributed by atoms with Crippen LogP contribution in [0.25, 0.3) is 17.0 Å². The van der Waals surface area contributed by atoms with Crippen LogP contribution in [0.3, 0.4) is 0 Å². The molecule has 0 amide bonds. The summed E-state index contributed by atoms with van der Waals surface area (Å²) in [5.74, 6) is 0. The minimum atomic E-state index is -0.427. The Morgan fingerprint density at radius 1 is 1.18 bits per heavy atom. The first-order chi connectivity index (χ1) is 13.2. The van der Waals surface area contributed by atoms with Gasteiger partial charge in [-0.05, 0) is 78.0 Å². The molecule has 0 N–H and O–H groups in total. The van der Waals surface area contributed by atoms with E-state index in [-0.39, 0.29) is 17.4 Å². The van der Waals surface area contributed by atoms with Crippen molar-refractivity contribution in [1.82, 2.24) is 9.78 Å². The van der Waals surface area contributed by atoms with Crippen LogP contribution in [0.1, 0.15) is 71.2 Å². The van der Waals surface area contributed by atoms with Crippen molar-refractivity contribution in [3.05, 3.63) is 29.5 Å². The Kier molecular flexibility index (Phi) is 4.93. The van der Waals surface area contributed by atoms with E-state index in [9.17, 15) is 0 Å². The van der Waals surface area contributed by atoms with Crippen molar-refractivity contribution in [2.45, 2.75) is 78.2 Å². The van der Waals surface area contributed by atoms with Gasteiger partial charge in [0.25, 0.3) is 0 Å². The number of rotatable bonds is 3. The number of fused-ring (bicyclic) bond motifs is 1. The number of hydrogen-bond acceptors (Lipinski definition) is 4. The van der Waals surface area contributed by atoms with Crippen LogP contribution in [0.2, 0.25) is 0 Å². The molecule has 2 aliphatic rings. The molecule has 1 atom stereocenters. The average Bonchev–Trinajstić information content (AvgIpc) is 3.14. The minimum absolute atomic E-state index is 0.00404. The molecule has 28 heavy (non-hydrogen) atoms. The van der Waals surface area contributed by atoms with Crippen LogP contribution in [-0.4, -0.2) is 34.7 Å². The molecule has 1 unspecified atom stereocenters. The maximum absolute atomic E-state index is 6.43. The fourth-order valence-electron chi connectivity index (χ4n) is 4.11. The van der Waals surface area contributed by atoms with Gasteiger partial charge in [-0.25, -0.2) is 4.68 Å². The van der Waals surface area contributed by atoms with Gasteiger partial charge in [-0.15, -0.1) is 0 Å². The summed E-state index contributed by atoms with van der Waals surface area (Å²) in [5.41, 5.74) is 3.72. The first-order valence-corrected chi connectivity index (χ1v) is 10.4. The van der Waals surface area contributed by atoms with Gasteiger partial charge in [0.15, 0.2) is 6.23 Å². The summed E-state index contributed by atoms with van der Waals surface area (Å²) < 4.78 is 20.9. The van der Waals surface area contributed by atoms with Crippen molar-refractivity contribution in [1.29, 1.82) is 0 Å². The first kappa shape index (κ1) is 19.7. The number of nitrogens with zero attached hydrogens (tertiary/aromatic N) is 2. The molecule has 5 nitrogen and oxygen atoms in total. The Morgan fingerprint density at radius 2 is 1.89 bits per heavy atom. The second-order valence-electron chi connectivity index (χ2n) is 8.95. The summed E-state index contributed by atoms with van der Waals surface area (Å²) in [6.07, 6.45) is 9.45. The molecule has 0 saturated carbocycles. The third kappa shape index (κ3) is 3.12. The molecule has 2 aliphatic heterocycles. The summed E-state index contributed by atoms with van der Waals surface area (Å²) >= 11 is 0. The summed E-state index contributed by atoms with van der Waals surface area (Å²) in [4.78, 5) is 0. The fraction of sp³-hybridized carbons (Fsp3) is 0.591. The van der Waals surface area contributed by atoms with Gasteiger partial charge < -0.3 is 14.0 Å². The lowest BCUT2D eigenvalue weighted by Gasteiger charge is -2.32. The molecule has 6 heteroatoms. The van der Waals surface area contributed by atoms with E-state index in [1.54, 1.807) is 0 Å². The quantitative estimate of drug-likeness (QED) is 0.740. The van der Waals surface area contributed by atoms with Gasteiger partial charge in [-0.1, -0.05) is 12.2 Å². The number of aryl methyl sites for hydroxylation is 1. The van der Waals surface area contributed by atoms with E-state index in [1.165, 1.54) is 12.0 Å². The van der Waals surface area contributed by atoms with E-state index in [2.05, 4.69) is 52.8 Å². The zero-order valence-electron chi connectivity index (χ0n) is 17.9. The van der Waals surface area contributed by atoms with E-state index in [0.717, 1.165) is 41.4 Å². The highest BCUT2D eigenvalue weighted by atomic mass is 16.7. The molecule has 0 aliphatic carbocycles. The molecule has 1 aromatic carbocycles. The monoisotopic (exact) mass is 382 g/mol. The summed E-state index contributed by atoms with van der Waals surface area (Å²) in [6.45, 7) is 13.3. The van der Waals surface area contributed by atoms with E-state index >= 15 is 0 Å². The lowest BCUT2D eigenvalue weighted by molar-refractivity contribution is -0.0366. The molecular formula is C22H31BN2O3. The zero-order chi connectivity index (χ0) is 20.1. The van der Waals surface area contributed by atoms with Crippen molar-refractivity contribution in [3.63, 3.8) is 0 Å². The fourth-order valence-corrected chi connectivity index (χ4v) is 4.11. The molecule has 0 radical (unpaired) electrons. The normalized spacial score (nSPS) is 24.5. The van der Waals surface area contributed by atoms with Crippen molar-refractivity contribution in [2.75, 3.05) is 6.61 Å². The maximum atomic E-state index is 6.43. The smallest absolute Gasteiger partial charge is 0.399 e. The SMILES string of the molecule is CC=Cc1c(C)cc2c(cnn2C2CCCCO2)c1B1OC(C)(C)C(C)(C)O1. The van der Waals surface area contributed by atoms with Gasteiger partial charge in [0, 0.05) is 17.5 Å². The molecule has 2 fully saturated rings. The van der Waals surface area contributed by atoms with Gasteiger partial charge in [-0.3, -0.25) is 0 Å². The van der Waals surface area contributed by atoms with Crippen LogP contribution in [0.15, 0.2) is 18.3 Å². The Morgan fingerprint density at radius 3 is 2.50 bits per heavy atom. The number of aromatic nitrogens is 2. The van der Waals surface area contributed by atoms with Crippen LogP contribution in [0.5, 0.6) is 0 Å². The lowest BCUT2D eigenvalue weighted by atomic mass is 9.72. The number of allylic oxidation sites excluding steroid dienone is 1. The van der Waals surface area contributed by atoms with Crippen molar-refractivity contribution in [2.24, 2.45) is 0 Å². The van der Waals surface area contributed by atoms with E-state index in [0.29, 0.717) is 0 Å². The Balaban J connectivity index is 1.88. The van der Waals surface area contributed by atoms with Crippen LogP contribution >= 0.6 is 0 Å². The minimum Gasteiger partial charge on any atom is -0.399 e. The predicted molar refractivity (Wildman–Crippen MR) is 114 cm³/mol. The molecule has 150 valence electrons. The molecule has 0 spiro atoms. The predicted octanol–water partition coefficient (Wildman–Crippen LogP) is 4.38. The molecule has 2 saturated heterocycles. The highest BCUT2D eigenvalue weighted by Gasteiger charge is 2.52. The molecular weight excluding hydrogens is 351 g/mol. The number of benzene rings is 1. The standard InChI is InChI=1S/C22H31BN2O3/c1-7-10-16-15(2)13-18-17(14-24-25(18)19-11-8-9-12-26-19)20(16)23-27-21(3,4)22(5,6)28-23/h7,10,13-14,19H,8-9,11-12H2,1-6H3. The van der Waals surface area contributed by atoms with Crippen LogP contribution < -0.4 is 5.46 Å². The lowest BCUT2D eigenvalue weighted by Crippen LogP contribution is -2.41. The highest BCUT2D eigenvalue weighted by Crippen LogP contribution is 2.38. The van der Waals surface area contributed by atoms with Gasteiger partial charge in [-0.2, -0.15) is 5.10 Å². The average molecular weight is 382 g/mol. The Bertz CT molecular complexity index is 894.